The van der Waals surface area contributed by atoms with Crippen molar-refractivity contribution < 1.29 is 19.1 Å². The van der Waals surface area contributed by atoms with Gasteiger partial charge in [-0.25, -0.2) is 0 Å². The number of hydrogen-bond acceptors (Lipinski definition) is 4. The third-order valence-electron chi connectivity index (χ3n) is 8.86. The third kappa shape index (κ3) is 9.30. The lowest BCUT2D eigenvalue weighted by molar-refractivity contribution is -0.140. The molecule has 1 saturated heterocycles. The summed E-state index contributed by atoms with van der Waals surface area (Å²) in [6, 6.07) is 4.39. The molecule has 1 aromatic carbocycles. The third-order valence-corrected chi connectivity index (χ3v) is 8.86. The second-order valence-corrected chi connectivity index (χ2v) is 12.1. The second kappa shape index (κ2) is 16.4. The maximum Gasteiger partial charge on any atom is 0.310 e. The molecule has 3 rings (SSSR count). The molecule has 0 amide bonds. The van der Waals surface area contributed by atoms with Gasteiger partial charge in [0.2, 0.25) is 0 Å². The van der Waals surface area contributed by atoms with E-state index >= 15 is 0 Å². The molecule has 1 aliphatic heterocycles. The molecule has 0 bridgehead atoms. The van der Waals surface area contributed by atoms with Gasteiger partial charge in [-0.3, -0.25) is 9.59 Å². The Bertz CT molecular complexity index is 942. The standard InChI is InChI=1S/C35H54O4/c1-5-8-9-10-11-12-13-14-15-16-17-18-32(37)39-31-26-35(19-21-38-22-20-35)25-30(36)34(31)33-28(6-2)23-27(4)24-29(33)7-3/h23-24H,5-22,25-26H2,1-4H3. The van der Waals surface area contributed by atoms with Gasteiger partial charge in [0.05, 0.1) is 5.57 Å². The highest BCUT2D eigenvalue weighted by Gasteiger charge is 2.43. The van der Waals surface area contributed by atoms with Crippen molar-refractivity contribution >= 4 is 17.3 Å². The summed E-state index contributed by atoms with van der Waals surface area (Å²) in [7, 11) is 0. The van der Waals surface area contributed by atoms with Crippen LogP contribution in [0.2, 0.25) is 0 Å². The highest BCUT2D eigenvalue weighted by Crippen LogP contribution is 2.48. The van der Waals surface area contributed by atoms with Crippen LogP contribution in [-0.2, 0) is 31.9 Å². The average molecular weight is 539 g/mol. The summed E-state index contributed by atoms with van der Waals surface area (Å²) in [6.07, 6.45) is 18.8. The van der Waals surface area contributed by atoms with Crippen molar-refractivity contribution in [1.82, 2.24) is 0 Å². The first-order chi connectivity index (χ1) is 18.9. The number of ether oxygens (including phenoxy) is 2. The molecule has 39 heavy (non-hydrogen) atoms. The van der Waals surface area contributed by atoms with Gasteiger partial charge < -0.3 is 9.47 Å². The van der Waals surface area contributed by atoms with Crippen LogP contribution in [0.25, 0.3) is 5.57 Å². The minimum absolute atomic E-state index is 0.133. The summed E-state index contributed by atoms with van der Waals surface area (Å²) in [5, 5.41) is 0. The fourth-order valence-electron chi connectivity index (χ4n) is 6.54. The zero-order valence-electron chi connectivity index (χ0n) is 25.4. The Balaban J connectivity index is 1.66. The first-order valence-electron chi connectivity index (χ1n) is 16.1. The summed E-state index contributed by atoms with van der Waals surface area (Å²) in [4.78, 5) is 26.9. The second-order valence-electron chi connectivity index (χ2n) is 12.1. The largest absolute Gasteiger partial charge is 0.430 e. The van der Waals surface area contributed by atoms with Gasteiger partial charge in [0.15, 0.2) is 5.78 Å². The van der Waals surface area contributed by atoms with Crippen LogP contribution in [0.5, 0.6) is 0 Å². The van der Waals surface area contributed by atoms with Crippen LogP contribution in [0, 0.1) is 12.3 Å². The van der Waals surface area contributed by atoms with Crippen LogP contribution in [0.1, 0.15) is 146 Å². The van der Waals surface area contributed by atoms with E-state index in [2.05, 4.69) is 39.8 Å². The molecule has 4 heteroatoms. The van der Waals surface area contributed by atoms with Crippen molar-refractivity contribution in [3.8, 4) is 0 Å². The molecule has 0 unspecified atom stereocenters. The quantitative estimate of drug-likeness (QED) is 0.155. The van der Waals surface area contributed by atoms with E-state index in [0.717, 1.165) is 44.1 Å². The van der Waals surface area contributed by atoms with Crippen molar-refractivity contribution in [1.29, 1.82) is 0 Å². The fourth-order valence-corrected chi connectivity index (χ4v) is 6.54. The van der Waals surface area contributed by atoms with E-state index in [1.807, 2.05) is 0 Å². The van der Waals surface area contributed by atoms with E-state index in [4.69, 9.17) is 9.47 Å². The molecular formula is C35H54O4. The minimum Gasteiger partial charge on any atom is -0.430 e. The Hall–Kier alpha value is -1.94. The van der Waals surface area contributed by atoms with Crippen LogP contribution >= 0.6 is 0 Å². The normalized spacial score (nSPS) is 17.2. The number of esters is 1. The molecule has 0 N–H and O–H groups in total. The maximum atomic E-state index is 13.9. The number of rotatable bonds is 16. The van der Waals surface area contributed by atoms with Crippen molar-refractivity contribution in [3.63, 3.8) is 0 Å². The van der Waals surface area contributed by atoms with Crippen molar-refractivity contribution in [2.24, 2.45) is 5.41 Å². The van der Waals surface area contributed by atoms with Gasteiger partial charge in [0.1, 0.15) is 5.76 Å². The number of ketones is 1. The zero-order chi connectivity index (χ0) is 28.1. The fraction of sp³-hybridized carbons (Fsp3) is 0.714. The summed E-state index contributed by atoms with van der Waals surface area (Å²) in [5.74, 6) is 0.571. The van der Waals surface area contributed by atoms with E-state index in [-0.39, 0.29) is 17.2 Å². The highest BCUT2D eigenvalue weighted by molar-refractivity contribution is 6.23. The average Bonchev–Trinajstić information content (AvgIpc) is 2.92. The van der Waals surface area contributed by atoms with Crippen LogP contribution < -0.4 is 0 Å². The summed E-state index contributed by atoms with van der Waals surface area (Å²) < 4.78 is 11.8. The molecule has 1 aliphatic carbocycles. The number of hydrogen-bond donors (Lipinski definition) is 0. The molecule has 218 valence electrons. The molecule has 0 saturated carbocycles. The lowest BCUT2D eigenvalue weighted by Gasteiger charge is -2.41. The predicted molar refractivity (Wildman–Crippen MR) is 161 cm³/mol. The number of unbranched alkanes of at least 4 members (excludes halogenated alkanes) is 10. The Morgan fingerprint density at radius 1 is 0.821 bits per heavy atom. The zero-order valence-corrected chi connectivity index (χ0v) is 25.4. The van der Waals surface area contributed by atoms with E-state index < -0.39 is 0 Å². The van der Waals surface area contributed by atoms with Crippen LogP contribution in [0.3, 0.4) is 0 Å². The van der Waals surface area contributed by atoms with Crippen LogP contribution in [0.15, 0.2) is 17.9 Å². The van der Waals surface area contributed by atoms with Gasteiger partial charge in [-0.2, -0.15) is 0 Å². The molecule has 1 spiro atoms. The van der Waals surface area contributed by atoms with Crippen LogP contribution in [-0.4, -0.2) is 25.0 Å². The molecule has 1 fully saturated rings. The number of carbonyl (C=O) groups is 2. The van der Waals surface area contributed by atoms with Gasteiger partial charge >= 0.3 is 5.97 Å². The van der Waals surface area contributed by atoms with E-state index in [9.17, 15) is 9.59 Å². The number of allylic oxidation sites excluding steroid dienone is 2. The smallest absolute Gasteiger partial charge is 0.310 e. The Labute approximate surface area is 238 Å². The van der Waals surface area contributed by atoms with E-state index in [1.165, 1.54) is 74.5 Å². The van der Waals surface area contributed by atoms with E-state index in [0.29, 0.717) is 43.8 Å². The molecule has 4 nitrogen and oxygen atoms in total. The van der Waals surface area contributed by atoms with Gasteiger partial charge in [-0.05, 0) is 61.1 Å². The number of Topliss-reactive ketones (excluding diaryl/α,β-unsaturated/α-hetero) is 1. The lowest BCUT2D eigenvalue weighted by atomic mass is 9.67. The molecule has 0 aromatic heterocycles. The molecule has 2 aliphatic rings. The Morgan fingerprint density at radius 2 is 1.36 bits per heavy atom. The first kappa shape index (κ1) is 31.6. The van der Waals surface area contributed by atoms with E-state index in [1.54, 1.807) is 0 Å². The maximum absolute atomic E-state index is 13.9. The summed E-state index contributed by atoms with van der Waals surface area (Å²) in [6.45, 7) is 10.0. The lowest BCUT2D eigenvalue weighted by Crippen LogP contribution is -2.37. The number of benzene rings is 1. The number of carbonyl (C=O) groups excluding carboxylic acids is 2. The molecule has 0 atom stereocenters. The van der Waals surface area contributed by atoms with Crippen molar-refractivity contribution in [3.05, 3.63) is 40.1 Å². The predicted octanol–water partition coefficient (Wildman–Crippen LogP) is 9.23. The molecule has 1 aromatic rings. The van der Waals surface area contributed by atoms with Gasteiger partial charge in [0, 0.05) is 32.5 Å². The summed E-state index contributed by atoms with van der Waals surface area (Å²) in [5.41, 5.74) is 5.12. The topological polar surface area (TPSA) is 52.6 Å². The minimum atomic E-state index is -0.182. The SMILES string of the molecule is CCCCCCCCCCCCCC(=O)OC1=C(c2c(CC)cc(C)cc2CC)C(=O)CC2(CCOCC2)C1. The van der Waals surface area contributed by atoms with Gasteiger partial charge in [0.25, 0.3) is 0 Å². The summed E-state index contributed by atoms with van der Waals surface area (Å²) >= 11 is 0. The Morgan fingerprint density at radius 3 is 1.90 bits per heavy atom. The highest BCUT2D eigenvalue weighted by atomic mass is 16.5. The molecule has 0 radical (unpaired) electrons. The van der Waals surface area contributed by atoms with Crippen molar-refractivity contribution in [2.75, 3.05) is 13.2 Å². The molecular weight excluding hydrogens is 484 g/mol. The molecule has 1 heterocycles. The van der Waals surface area contributed by atoms with Crippen LogP contribution in [0.4, 0.5) is 0 Å². The van der Waals surface area contributed by atoms with Gasteiger partial charge in [-0.1, -0.05) is 103 Å². The number of aryl methyl sites for hydroxylation is 3. The van der Waals surface area contributed by atoms with Gasteiger partial charge in [-0.15, -0.1) is 0 Å². The monoisotopic (exact) mass is 538 g/mol. The Kier molecular flexibility index (Phi) is 13.2. The first-order valence-corrected chi connectivity index (χ1v) is 16.1. The van der Waals surface area contributed by atoms with Crippen molar-refractivity contribution in [2.45, 2.75) is 143 Å².